The van der Waals surface area contributed by atoms with Gasteiger partial charge in [0.05, 0.1) is 16.9 Å². The first-order chi connectivity index (χ1) is 12.0. The highest BCUT2D eigenvalue weighted by atomic mass is 35.5. The number of rotatable bonds is 4. The van der Waals surface area contributed by atoms with Crippen LogP contribution in [0.2, 0.25) is 5.02 Å². The predicted octanol–water partition coefficient (Wildman–Crippen LogP) is 2.17. The Hall–Kier alpha value is -2.35. The predicted molar refractivity (Wildman–Crippen MR) is 93.8 cm³/mol. The molecule has 2 aromatic heterocycles. The van der Waals surface area contributed by atoms with Crippen molar-refractivity contribution in [3.63, 3.8) is 0 Å². The second kappa shape index (κ2) is 7.26. The first-order valence-electron chi connectivity index (χ1n) is 8.36. The van der Waals surface area contributed by atoms with Gasteiger partial charge < -0.3 is 10.2 Å². The zero-order chi connectivity index (χ0) is 18.0. The molecule has 2 aromatic rings. The summed E-state index contributed by atoms with van der Waals surface area (Å²) < 4.78 is 3.07. The molecule has 0 unspecified atom stereocenters. The van der Waals surface area contributed by atoms with Gasteiger partial charge in [-0.2, -0.15) is 10.2 Å². The summed E-state index contributed by atoms with van der Waals surface area (Å²) in [6.45, 7) is 3.97. The van der Waals surface area contributed by atoms with Crippen molar-refractivity contribution in [3.8, 4) is 0 Å². The number of carbonyl (C=O) groups is 2. The third-order valence-electron chi connectivity index (χ3n) is 4.29. The van der Waals surface area contributed by atoms with Gasteiger partial charge in [-0.3, -0.25) is 19.0 Å². The van der Waals surface area contributed by atoms with Crippen LogP contribution in [0.5, 0.6) is 0 Å². The molecule has 2 amide bonds. The van der Waals surface area contributed by atoms with Crippen LogP contribution >= 0.6 is 11.6 Å². The van der Waals surface area contributed by atoms with Gasteiger partial charge in [0.2, 0.25) is 0 Å². The topological polar surface area (TPSA) is 85.0 Å². The zero-order valence-electron chi connectivity index (χ0n) is 14.3. The number of piperidine rings is 1. The van der Waals surface area contributed by atoms with Crippen LogP contribution in [0, 0.1) is 0 Å². The number of aryl methyl sites for hydroxylation is 2. The van der Waals surface area contributed by atoms with E-state index in [0.717, 1.165) is 32.4 Å². The largest absolute Gasteiger partial charge is 0.337 e. The van der Waals surface area contributed by atoms with Gasteiger partial charge in [0, 0.05) is 32.9 Å². The lowest BCUT2D eigenvalue weighted by atomic mass is 10.1. The molecule has 3 rings (SSSR count). The summed E-state index contributed by atoms with van der Waals surface area (Å²) in [5.74, 6) is -0.585. The van der Waals surface area contributed by atoms with E-state index in [9.17, 15) is 9.59 Å². The number of aromatic nitrogens is 4. The van der Waals surface area contributed by atoms with Gasteiger partial charge in [-0.25, -0.2) is 0 Å². The molecule has 134 valence electrons. The van der Waals surface area contributed by atoms with Crippen molar-refractivity contribution in [1.82, 2.24) is 24.5 Å². The molecule has 1 N–H and O–H groups in total. The Morgan fingerprint density at radius 2 is 2.00 bits per heavy atom. The number of nitrogens with one attached hydrogen (secondary N) is 1. The van der Waals surface area contributed by atoms with Crippen LogP contribution in [0.15, 0.2) is 12.4 Å². The van der Waals surface area contributed by atoms with Crippen LogP contribution in [-0.4, -0.2) is 49.4 Å². The number of hydrogen-bond acceptors (Lipinski definition) is 4. The Labute approximate surface area is 150 Å². The minimum absolute atomic E-state index is 0.125. The maximum atomic E-state index is 12.8. The quantitative estimate of drug-likeness (QED) is 0.900. The first kappa shape index (κ1) is 17.5. The van der Waals surface area contributed by atoms with E-state index in [1.54, 1.807) is 22.8 Å². The van der Waals surface area contributed by atoms with Gasteiger partial charge >= 0.3 is 0 Å². The number of amides is 2. The molecule has 3 heterocycles. The van der Waals surface area contributed by atoms with Crippen LogP contribution in [0.25, 0.3) is 0 Å². The Kier molecular flexibility index (Phi) is 5.08. The van der Waals surface area contributed by atoms with Crippen molar-refractivity contribution in [2.24, 2.45) is 7.05 Å². The van der Waals surface area contributed by atoms with Gasteiger partial charge in [0.25, 0.3) is 11.8 Å². The van der Waals surface area contributed by atoms with Crippen molar-refractivity contribution in [3.05, 3.63) is 28.8 Å². The van der Waals surface area contributed by atoms with Crippen molar-refractivity contribution in [2.75, 3.05) is 18.4 Å². The van der Waals surface area contributed by atoms with Crippen molar-refractivity contribution < 1.29 is 9.59 Å². The molecule has 25 heavy (non-hydrogen) atoms. The highest BCUT2D eigenvalue weighted by molar-refractivity contribution is 6.34. The molecule has 8 nitrogen and oxygen atoms in total. The summed E-state index contributed by atoms with van der Waals surface area (Å²) >= 11 is 6.07. The van der Waals surface area contributed by atoms with Gasteiger partial charge in [-0.1, -0.05) is 11.6 Å². The van der Waals surface area contributed by atoms with E-state index in [-0.39, 0.29) is 16.6 Å². The third kappa shape index (κ3) is 3.53. The molecule has 0 spiro atoms. The molecular formula is C16H21ClN6O2. The number of nitrogens with zero attached hydrogens (tertiary/aromatic N) is 5. The number of carbonyl (C=O) groups excluding carboxylic acids is 2. The summed E-state index contributed by atoms with van der Waals surface area (Å²) in [5.41, 5.74) is 0.857. The number of halogens is 1. The zero-order valence-corrected chi connectivity index (χ0v) is 15.1. The average molecular weight is 365 g/mol. The second-order valence-electron chi connectivity index (χ2n) is 6.02. The summed E-state index contributed by atoms with van der Waals surface area (Å²) in [6.07, 6.45) is 6.20. The van der Waals surface area contributed by atoms with Crippen molar-refractivity contribution >= 4 is 29.1 Å². The van der Waals surface area contributed by atoms with E-state index in [4.69, 9.17) is 11.6 Å². The molecule has 9 heteroatoms. The lowest BCUT2D eigenvalue weighted by Gasteiger charge is -2.27. The fourth-order valence-corrected chi connectivity index (χ4v) is 3.16. The number of likely N-dealkylation sites (tertiary alicyclic amines) is 1. The Morgan fingerprint density at radius 3 is 2.64 bits per heavy atom. The molecular weight excluding hydrogens is 344 g/mol. The van der Waals surface area contributed by atoms with Gasteiger partial charge in [0.15, 0.2) is 5.69 Å². The average Bonchev–Trinajstić information content (AvgIpc) is 3.17. The molecule has 1 saturated heterocycles. The standard InChI is InChI=1S/C16H21ClN6O2/c1-3-23-10-11(17)13(20-23)15(24)19-12-9-18-21(2)14(12)16(25)22-7-5-4-6-8-22/h9-10H,3-8H2,1-2H3,(H,19,24). The molecule has 0 radical (unpaired) electrons. The van der Waals surface area contributed by atoms with Gasteiger partial charge in [0.1, 0.15) is 5.69 Å². The molecule has 1 fully saturated rings. The summed E-state index contributed by atoms with van der Waals surface area (Å²) in [4.78, 5) is 27.1. The summed E-state index contributed by atoms with van der Waals surface area (Å²) in [7, 11) is 1.69. The van der Waals surface area contributed by atoms with Crippen LogP contribution in [0.4, 0.5) is 5.69 Å². The molecule has 1 aliphatic heterocycles. The van der Waals surface area contributed by atoms with E-state index in [1.807, 2.05) is 6.92 Å². The van der Waals surface area contributed by atoms with Gasteiger partial charge in [-0.05, 0) is 26.2 Å². The number of anilines is 1. The molecule has 1 aliphatic rings. The second-order valence-corrected chi connectivity index (χ2v) is 6.43. The van der Waals surface area contributed by atoms with E-state index in [0.29, 0.717) is 17.9 Å². The molecule has 0 bridgehead atoms. The third-order valence-corrected chi connectivity index (χ3v) is 4.57. The highest BCUT2D eigenvalue weighted by Gasteiger charge is 2.26. The molecule has 0 atom stereocenters. The Morgan fingerprint density at radius 1 is 1.28 bits per heavy atom. The summed E-state index contributed by atoms with van der Waals surface area (Å²) in [6, 6.07) is 0. The Bertz CT molecular complexity index is 791. The van der Waals surface area contributed by atoms with E-state index >= 15 is 0 Å². The normalized spacial score (nSPS) is 14.6. The lowest BCUT2D eigenvalue weighted by Crippen LogP contribution is -2.37. The SMILES string of the molecule is CCn1cc(Cl)c(C(=O)Nc2cnn(C)c2C(=O)N2CCCCC2)n1. The fourth-order valence-electron chi connectivity index (χ4n) is 2.92. The lowest BCUT2D eigenvalue weighted by molar-refractivity contribution is 0.0714. The maximum Gasteiger partial charge on any atom is 0.277 e. The van der Waals surface area contributed by atoms with Crippen molar-refractivity contribution in [1.29, 1.82) is 0 Å². The minimum atomic E-state index is -0.460. The van der Waals surface area contributed by atoms with Crippen molar-refractivity contribution in [2.45, 2.75) is 32.7 Å². The molecule has 0 aromatic carbocycles. The van der Waals surface area contributed by atoms with Crippen LogP contribution < -0.4 is 5.32 Å². The van der Waals surface area contributed by atoms with Gasteiger partial charge in [-0.15, -0.1) is 0 Å². The maximum absolute atomic E-state index is 12.8. The van der Waals surface area contributed by atoms with Crippen LogP contribution in [-0.2, 0) is 13.6 Å². The monoisotopic (exact) mass is 364 g/mol. The summed E-state index contributed by atoms with van der Waals surface area (Å²) in [5, 5.41) is 11.3. The fraction of sp³-hybridized carbons (Fsp3) is 0.500. The first-order valence-corrected chi connectivity index (χ1v) is 8.74. The van der Waals surface area contributed by atoms with E-state index in [2.05, 4.69) is 15.5 Å². The molecule has 0 aliphatic carbocycles. The Balaban J connectivity index is 1.82. The number of hydrogen-bond donors (Lipinski definition) is 1. The van der Waals surface area contributed by atoms with Crippen LogP contribution in [0.1, 0.15) is 47.2 Å². The smallest absolute Gasteiger partial charge is 0.277 e. The highest BCUT2D eigenvalue weighted by Crippen LogP contribution is 2.21. The van der Waals surface area contributed by atoms with E-state index < -0.39 is 5.91 Å². The molecule has 0 saturated carbocycles. The minimum Gasteiger partial charge on any atom is -0.337 e. The van der Waals surface area contributed by atoms with Crippen LogP contribution in [0.3, 0.4) is 0 Å². The van der Waals surface area contributed by atoms with E-state index in [1.165, 1.54) is 10.9 Å².